The molecule has 6 heteroatoms. The first kappa shape index (κ1) is 19.8. The van der Waals surface area contributed by atoms with Gasteiger partial charge in [0.2, 0.25) is 5.91 Å². The minimum absolute atomic E-state index is 0.0489. The van der Waals surface area contributed by atoms with Crippen LogP contribution in [0.1, 0.15) is 41.0 Å². The Labute approximate surface area is 143 Å². The zero-order valence-corrected chi connectivity index (χ0v) is 15.3. The van der Waals surface area contributed by atoms with Crippen LogP contribution in [0.15, 0.2) is 24.3 Å². The summed E-state index contributed by atoms with van der Waals surface area (Å²) in [5.74, 6) is 0.206. The maximum atomic E-state index is 12.6. The fraction of sp³-hybridized carbons (Fsp3) is 0.556. The summed E-state index contributed by atoms with van der Waals surface area (Å²) in [4.78, 5) is 24.7. The van der Waals surface area contributed by atoms with Crippen LogP contribution < -0.4 is 15.4 Å². The monoisotopic (exact) mass is 336 g/mol. The fourth-order valence-electron chi connectivity index (χ4n) is 2.09. The number of nitrogens with one attached hydrogen (secondary N) is 2. The third kappa shape index (κ3) is 6.10. The van der Waals surface area contributed by atoms with E-state index < -0.39 is 17.7 Å². The Kier molecular flexibility index (Phi) is 7.07. The molecule has 0 spiro atoms. The topological polar surface area (TPSA) is 76.7 Å². The lowest BCUT2D eigenvalue weighted by molar-refractivity contribution is -0.119. The molecule has 1 aromatic carbocycles. The van der Waals surface area contributed by atoms with Crippen molar-refractivity contribution >= 4 is 17.7 Å². The molecule has 0 heterocycles. The van der Waals surface area contributed by atoms with Crippen LogP contribution in [0.2, 0.25) is 0 Å². The lowest BCUT2D eigenvalue weighted by Gasteiger charge is -2.26. The molecule has 0 saturated carbocycles. The highest BCUT2D eigenvalue weighted by Gasteiger charge is 2.28. The molecule has 0 aliphatic heterocycles. The van der Waals surface area contributed by atoms with E-state index in [1.165, 1.54) is 7.11 Å². The number of carbonyl (C=O) groups excluding carboxylic acids is 2. The van der Waals surface area contributed by atoms with E-state index in [-0.39, 0.29) is 11.8 Å². The van der Waals surface area contributed by atoms with Gasteiger partial charge in [-0.25, -0.2) is 4.79 Å². The molecule has 0 saturated heterocycles. The Balaban J connectivity index is 2.87. The van der Waals surface area contributed by atoms with Gasteiger partial charge in [0.05, 0.1) is 12.8 Å². The molecule has 1 aromatic rings. The molecule has 2 unspecified atom stereocenters. The van der Waals surface area contributed by atoms with Crippen molar-refractivity contribution in [2.45, 2.75) is 52.7 Å². The third-order valence-electron chi connectivity index (χ3n) is 3.53. The summed E-state index contributed by atoms with van der Waals surface area (Å²) in [6, 6.07) is 6.43. The van der Waals surface area contributed by atoms with Crippen molar-refractivity contribution in [3.05, 3.63) is 24.3 Å². The highest BCUT2D eigenvalue weighted by atomic mass is 16.6. The number of alkyl carbamates (subject to hydrolysis) is 1. The van der Waals surface area contributed by atoms with Crippen LogP contribution in [-0.4, -0.2) is 30.8 Å². The highest BCUT2D eigenvalue weighted by Crippen LogP contribution is 2.24. The number of hydrogen-bond donors (Lipinski definition) is 2. The number of anilines is 1. The van der Waals surface area contributed by atoms with E-state index >= 15 is 0 Å². The van der Waals surface area contributed by atoms with Gasteiger partial charge in [0.15, 0.2) is 0 Å². The van der Waals surface area contributed by atoms with Crippen molar-refractivity contribution in [2.24, 2.45) is 5.92 Å². The SMILES string of the molecule is CCC(C)C(NC(=O)OC(C)(C)C)C(=O)Nc1ccccc1OC. The summed E-state index contributed by atoms with van der Waals surface area (Å²) in [7, 11) is 1.54. The van der Waals surface area contributed by atoms with Crippen LogP contribution in [0, 0.1) is 5.92 Å². The molecule has 2 atom stereocenters. The van der Waals surface area contributed by atoms with Gasteiger partial charge in [0, 0.05) is 0 Å². The van der Waals surface area contributed by atoms with Gasteiger partial charge in [-0.3, -0.25) is 4.79 Å². The molecular weight excluding hydrogens is 308 g/mol. The molecule has 134 valence electrons. The molecule has 0 fully saturated rings. The number of benzene rings is 1. The molecule has 6 nitrogen and oxygen atoms in total. The van der Waals surface area contributed by atoms with Crippen molar-refractivity contribution in [2.75, 3.05) is 12.4 Å². The van der Waals surface area contributed by atoms with Crippen molar-refractivity contribution in [1.82, 2.24) is 5.32 Å². The van der Waals surface area contributed by atoms with Gasteiger partial charge < -0.3 is 20.1 Å². The van der Waals surface area contributed by atoms with Gasteiger partial charge in [-0.1, -0.05) is 32.4 Å². The minimum Gasteiger partial charge on any atom is -0.495 e. The lowest BCUT2D eigenvalue weighted by Crippen LogP contribution is -2.49. The standard InChI is InChI=1S/C18H28N2O4/c1-7-12(2)15(20-17(22)24-18(3,4)5)16(21)19-13-10-8-9-11-14(13)23-6/h8-12,15H,7H2,1-6H3,(H,19,21)(H,20,22). The van der Waals surface area contributed by atoms with E-state index in [0.717, 1.165) is 6.42 Å². The van der Waals surface area contributed by atoms with Gasteiger partial charge >= 0.3 is 6.09 Å². The number of rotatable bonds is 6. The molecule has 1 rings (SSSR count). The van der Waals surface area contributed by atoms with Crippen LogP contribution >= 0.6 is 0 Å². The molecule has 0 aromatic heterocycles. The van der Waals surface area contributed by atoms with Crippen LogP contribution in [0.3, 0.4) is 0 Å². The van der Waals surface area contributed by atoms with E-state index in [1.54, 1.807) is 39.0 Å². The van der Waals surface area contributed by atoms with Gasteiger partial charge in [-0.15, -0.1) is 0 Å². The summed E-state index contributed by atoms with van der Waals surface area (Å²) in [6.45, 7) is 9.20. The Morgan fingerprint density at radius 1 is 1.21 bits per heavy atom. The van der Waals surface area contributed by atoms with Crippen molar-refractivity contribution in [1.29, 1.82) is 0 Å². The second-order valence-corrected chi connectivity index (χ2v) is 6.70. The van der Waals surface area contributed by atoms with Crippen LogP contribution in [0.25, 0.3) is 0 Å². The molecule has 2 amide bonds. The summed E-state index contributed by atoms with van der Waals surface area (Å²) >= 11 is 0. The first-order chi connectivity index (χ1) is 11.2. The second-order valence-electron chi connectivity index (χ2n) is 6.70. The van der Waals surface area contributed by atoms with Gasteiger partial charge in [0.25, 0.3) is 0 Å². The maximum absolute atomic E-state index is 12.6. The Hall–Kier alpha value is -2.24. The fourth-order valence-corrected chi connectivity index (χ4v) is 2.09. The largest absolute Gasteiger partial charge is 0.495 e. The summed E-state index contributed by atoms with van der Waals surface area (Å²) in [5, 5.41) is 5.48. The molecular formula is C18H28N2O4. The average molecular weight is 336 g/mol. The van der Waals surface area contributed by atoms with E-state index in [4.69, 9.17) is 9.47 Å². The molecule has 0 aliphatic carbocycles. The second kappa shape index (κ2) is 8.57. The first-order valence-electron chi connectivity index (χ1n) is 8.11. The smallest absolute Gasteiger partial charge is 0.408 e. The number of ether oxygens (including phenoxy) is 2. The van der Waals surface area contributed by atoms with E-state index in [9.17, 15) is 9.59 Å². The first-order valence-corrected chi connectivity index (χ1v) is 8.11. The number of hydrogen-bond acceptors (Lipinski definition) is 4. The van der Waals surface area contributed by atoms with Gasteiger partial charge in [0.1, 0.15) is 17.4 Å². The Morgan fingerprint density at radius 3 is 2.38 bits per heavy atom. The number of carbonyl (C=O) groups is 2. The zero-order chi connectivity index (χ0) is 18.3. The summed E-state index contributed by atoms with van der Waals surface area (Å²) in [5.41, 5.74) is -0.0623. The number of methoxy groups -OCH3 is 1. The molecule has 0 aliphatic rings. The molecule has 0 bridgehead atoms. The van der Waals surface area contributed by atoms with E-state index in [1.807, 2.05) is 19.9 Å². The predicted octanol–water partition coefficient (Wildman–Crippen LogP) is 3.57. The van der Waals surface area contributed by atoms with Crippen molar-refractivity contribution in [3.8, 4) is 5.75 Å². The van der Waals surface area contributed by atoms with Crippen LogP contribution in [0.4, 0.5) is 10.5 Å². The lowest BCUT2D eigenvalue weighted by atomic mass is 9.98. The average Bonchev–Trinajstić information content (AvgIpc) is 2.50. The molecule has 0 radical (unpaired) electrons. The zero-order valence-electron chi connectivity index (χ0n) is 15.3. The van der Waals surface area contributed by atoms with Crippen LogP contribution in [0.5, 0.6) is 5.75 Å². The molecule has 2 N–H and O–H groups in total. The van der Waals surface area contributed by atoms with Crippen molar-refractivity contribution < 1.29 is 19.1 Å². The highest BCUT2D eigenvalue weighted by molar-refractivity contribution is 5.97. The minimum atomic E-state index is -0.699. The maximum Gasteiger partial charge on any atom is 0.408 e. The predicted molar refractivity (Wildman–Crippen MR) is 94.2 cm³/mol. The normalized spacial score (nSPS) is 13.6. The van der Waals surface area contributed by atoms with E-state index in [0.29, 0.717) is 11.4 Å². The van der Waals surface area contributed by atoms with Crippen LogP contribution in [-0.2, 0) is 9.53 Å². The summed E-state index contributed by atoms with van der Waals surface area (Å²) < 4.78 is 10.5. The summed E-state index contributed by atoms with van der Waals surface area (Å²) in [6.07, 6.45) is 0.128. The van der Waals surface area contributed by atoms with E-state index in [2.05, 4.69) is 10.6 Å². The number of amides is 2. The third-order valence-corrected chi connectivity index (χ3v) is 3.53. The van der Waals surface area contributed by atoms with Gasteiger partial charge in [-0.2, -0.15) is 0 Å². The quantitative estimate of drug-likeness (QED) is 0.832. The Bertz CT molecular complexity index is 566. The molecule has 24 heavy (non-hydrogen) atoms. The number of para-hydroxylation sites is 2. The Morgan fingerprint density at radius 2 is 1.83 bits per heavy atom. The van der Waals surface area contributed by atoms with Gasteiger partial charge in [-0.05, 0) is 38.8 Å². The van der Waals surface area contributed by atoms with Crippen molar-refractivity contribution in [3.63, 3.8) is 0 Å².